The lowest BCUT2D eigenvalue weighted by Crippen LogP contribution is -2.38. The van der Waals surface area contributed by atoms with Gasteiger partial charge in [-0.25, -0.2) is 12.7 Å². The quantitative estimate of drug-likeness (QED) is 0.766. The highest BCUT2D eigenvalue weighted by molar-refractivity contribution is 7.89. The summed E-state index contributed by atoms with van der Waals surface area (Å²) in [4.78, 5) is 2.41. The van der Waals surface area contributed by atoms with Crippen LogP contribution in [0, 0.1) is 0 Å². The Kier molecular flexibility index (Phi) is 5.45. The van der Waals surface area contributed by atoms with Crippen LogP contribution in [0.15, 0.2) is 0 Å². The first-order valence-electron chi connectivity index (χ1n) is 7.39. The second kappa shape index (κ2) is 6.87. The van der Waals surface area contributed by atoms with E-state index >= 15 is 0 Å². The van der Waals surface area contributed by atoms with Crippen LogP contribution in [-0.4, -0.2) is 56.1 Å². The van der Waals surface area contributed by atoms with Gasteiger partial charge < -0.3 is 4.90 Å². The minimum absolute atomic E-state index is 0.337. The molecule has 0 saturated carbocycles. The molecule has 0 atom stereocenters. The van der Waals surface area contributed by atoms with Crippen molar-refractivity contribution >= 4 is 10.0 Å². The Balaban J connectivity index is 1.70. The molecule has 2 fully saturated rings. The largest absolute Gasteiger partial charge is 0.303 e. The lowest BCUT2D eigenvalue weighted by Gasteiger charge is -2.28. The van der Waals surface area contributed by atoms with E-state index in [2.05, 4.69) is 4.90 Å². The Labute approximate surface area is 111 Å². The molecular weight excluding hydrogens is 248 g/mol. The average molecular weight is 274 g/mol. The van der Waals surface area contributed by atoms with Gasteiger partial charge >= 0.3 is 0 Å². The van der Waals surface area contributed by atoms with Crippen molar-refractivity contribution < 1.29 is 8.42 Å². The SMILES string of the molecule is O=S(=O)(CCCN1CCCCC1)N1CCCCC1. The van der Waals surface area contributed by atoms with Crippen LogP contribution in [-0.2, 0) is 10.0 Å². The molecule has 2 heterocycles. The summed E-state index contributed by atoms with van der Waals surface area (Å²) >= 11 is 0. The molecule has 0 aromatic carbocycles. The third-order valence-electron chi connectivity index (χ3n) is 4.03. The van der Waals surface area contributed by atoms with Crippen LogP contribution in [0.1, 0.15) is 44.9 Å². The minimum Gasteiger partial charge on any atom is -0.303 e. The van der Waals surface area contributed by atoms with Crippen LogP contribution in [0.25, 0.3) is 0 Å². The molecular formula is C13H26N2O2S. The molecule has 2 aliphatic heterocycles. The highest BCUT2D eigenvalue weighted by Gasteiger charge is 2.23. The zero-order valence-electron chi connectivity index (χ0n) is 11.3. The van der Waals surface area contributed by atoms with Crippen molar-refractivity contribution in [1.29, 1.82) is 0 Å². The average Bonchev–Trinajstić information content (AvgIpc) is 2.41. The van der Waals surface area contributed by atoms with E-state index in [0.717, 1.165) is 52.0 Å². The number of sulfonamides is 1. The molecule has 18 heavy (non-hydrogen) atoms. The Bertz CT molecular complexity index is 331. The fraction of sp³-hybridized carbons (Fsp3) is 1.00. The van der Waals surface area contributed by atoms with Gasteiger partial charge in [-0.1, -0.05) is 12.8 Å². The van der Waals surface area contributed by atoms with Crippen LogP contribution >= 0.6 is 0 Å². The Morgan fingerprint density at radius 2 is 1.33 bits per heavy atom. The van der Waals surface area contributed by atoms with Gasteiger partial charge in [-0.05, 0) is 51.7 Å². The number of likely N-dealkylation sites (tertiary alicyclic amines) is 1. The molecule has 0 aromatic heterocycles. The van der Waals surface area contributed by atoms with Crippen LogP contribution in [0.5, 0.6) is 0 Å². The van der Waals surface area contributed by atoms with E-state index in [0.29, 0.717) is 5.75 Å². The predicted molar refractivity (Wildman–Crippen MR) is 74.1 cm³/mol. The minimum atomic E-state index is -2.98. The van der Waals surface area contributed by atoms with Gasteiger partial charge in [0.05, 0.1) is 5.75 Å². The van der Waals surface area contributed by atoms with Gasteiger partial charge in [-0.2, -0.15) is 0 Å². The van der Waals surface area contributed by atoms with Gasteiger partial charge in [0, 0.05) is 13.1 Å². The van der Waals surface area contributed by atoms with E-state index in [1.165, 1.54) is 25.7 Å². The van der Waals surface area contributed by atoms with E-state index in [-0.39, 0.29) is 0 Å². The van der Waals surface area contributed by atoms with E-state index in [1.54, 1.807) is 4.31 Å². The summed E-state index contributed by atoms with van der Waals surface area (Å²) in [5.74, 6) is 0.337. The maximum Gasteiger partial charge on any atom is 0.214 e. The molecule has 0 bridgehead atoms. The number of hydrogen-bond acceptors (Lipinski definition) is 3. The first-order valence-corrected chi connectivity index (χ1v) is 8.99. The number of nitrogens with zero attached hydrogens (tertiary/aromatic N) is 2. The third-order valence-corrected chi connectivity index (χ3v) is 5.99. The molecule has 0 radical (unpaired) electrons. The van der Waals surface area contributed by atoms with Crippen molar-refractivity contribution in [2.75, 3.05) is 38.5 Å². The summed E-state index contributed by atoms with van der Waals surface area (Å²) < 4.78 is 26.0. The smallest absolute Gasteiger partial charge is 0.214 e. The number of hydrogen-bond donors (Lipinski definition) is 0. The van der Waals surface area contributed by atoms with E-state index in [1.807, 2.05) is 0 Å². The van der Waals surface area contributed by atoms with Gasteiger partial charge in [0.2, 0.25) is 10.0 Å². The topological polar surface area (TPSA) is 40.6 Å². The predicted octanol–water partition coefficient (Wildman–Crippen LogP) is 1.68. The van der Waals surface area contributed by atoms with Gasteiger partial charge in [0.25, 0.3) is 0 Å². The summed E-state index contributed by atoms with van der Waals surface area (Å²) in [5.41, 5.74) is 0. The Morgan fingerprint density at radius 1 is 0.778 bits per heavy atom. The normalized spacial score (nSPS) is 24.2. The summed E-state index contributed by atoms with van der Waals surface area (Å²) in [5, 5.41) is 0. The lowest BCUT2D eigenvalue weighted by atomic mass is 10.1. The molecule has 0 N–H and O–H groups in total. The molecule has 2 aliphatic rings. The van der Waals surface area contributed by atoms with Crippen LogP contribution in [0.2, 0.25) is 0 Å². The fourth-order valence-corrected chi connectivity index (χ4v) is 4.49. The third kappa shape index (κ3) is 4.21. The molecule has 0 unspecified atom stereocenters. The standard InChI is InChI=1S/C13H26N2O2S/c16-18(17,15-11-5-2-6-12-15)13-7-10-14-8-3-1-4-9-14/h1-13H2. The Morgan fingerprint density at radius 3 is 1.94 bits per heavy atom. The van der Waals surface area contributed by atoms with E-state index in [4.69, 9.17) is 0 Å². The van der Waals surface area contributed by atoms with Crippen LogP contribution < -0.4 is 0 Å². The number of piperidine rings is 2. The molecule has 0 aliphatic carbocycles. The second-order valence-corrected chi connectivity index (χ2v) is 7.62. The highest BCUT2D eigenvalue weighted by atomic mass is 32.2. The molecule has 2 saturated heterocycles. The maximum absolute atomic E-state index is 12.1. The summed E-state index contributed by atoms with van der Waals surface area (Å²) in [6.07, 6.45) is 7.93. The van der Waals surface area contributed by atoms with Crippen LogP contribution in [0.4, 0.5) is 0 Å². The molecule has 0 spiro atoms. The van der Waals surface area contributed by atoms with Crippen molar-refractivity contribution in [3.8, 4) is 0 Å². The zero-order valence-corrected chi connectivity index (χ0v) is 12.1. The first-order chi connectivity index (χ1) is 8.68. The maximum atomic E-state index is 12.1. The highest BCUT2D eigenvalue weighted by Crippen LogP contribution is 2.15. The van der Waals surface area contributed by atoms with Gasteiger partial charge in [0.1, 0.15) is 0 Å². The van der Waals surface area contributed by atoms with Gasteiger partial charge in [0.15, 0.2) is 0 Å². The van der Waals surface area contributed by atoms with Gasteiger partial charge in [-0.3, -0.25) is 0 Å². The molecule has 106 valence electrons. The Hall–Kier alpha value is -0.130. The lowest BCUT2D eigenvalue weighted by molar-refractivity contribution is 0.229. The second-order valence-electron chi connectivity index (χ2n) is 5.53. The summed E-state index contributed by atoms with van der Waals surface area (Å²) in [6, 6.07) is 0. The summed E-state index contributed by atoms with van der Waals surface area (Å²) in [6.45, 7) is 4.75. The van der Waals surface area contributed by atoms with Crippen molar-refractivity contribution in [2.45, 2.75) is 44.9 Å². The van der Waals surface area contributed by atoms with Gasteiger partial charge in [-0.15, -0.1) is 0 Å². The van der Waals surface area contributed by atoms with Crippen LogP contribution in [0.3, 0.4) is 0 Å². The zero-order chi connectivity index (χ0) is 12.8. The van der Waals surface area contributed by atoms with Crippen molar-refractivity contribution in [2.24, 2.45) is 0 Å². The first kappa shape index (κ1) is 14.3. The van der Waals surface area contributed by atoms with E-state index in [9.17, 15) is 8.42 Å². The van der Waals surface area contributed by atoms with Crippen molar-refractivity contribution in [1.82, 2.24) is 9.21 Å². The van der Waals surface area contributed by atoms with Crippen molar-refractivity contribution in [3.63, 3.8) is 0 Å². The number of rotatable bonds is 5. The molecule has 5 heteroatoms. The monoisotopic (exact) mass is 274 g/mol. The van der Waals surface area contributed by atoms with Crippen molar-refractivity contribution in [3.05, 3.63) is 0 Å². The van der Waals surface area contributed by atoms with E-state index < -0.39 is 10.0 Å². The molecule has 0 aromatic rings. The molecule has 4 nitrogen and oxygen atoms in total. The summed E-state index contributed by atoms with van der Waals surface area (Å²) in [7, 11) is -2.98. The molecule has 2 rings (SSSR count). The fourth-order valence-electron chi connectivity index (χ4n) is 2.93. The molecule has 0 amide bonds.